The van der Waals surface area contributed by atoms with Crippen LogP contribution in [0, 0.1) is 0 Å². The second kappa shape index (κ2) is 5.14. The first-order chi connectivity index (χ1) is 6.36. The standard InChI is InChI=1S/C12H10O.Pb.2H/c13-12-8-6-11(7-9-12)10-4-2-1-3-5-10;;;/h1-9,13H;;;. The quantitative estimate of drug-likeness (QED) is 0.753. The minimum atomic E-state index is 0. The molecule has 2 aromatic carbocycles. The Balaban J connectivity index is 0.000000980. The van der Waals surface area contributed by atoms with Gasteiger partial charge in [-0.3, -0.25) is 0 Å². The summed E-state index contributed by atoms with van der Waals surface area (Å²) in [4.78, 5) is 0. The Hall–Kier alpha value is -0.838. The van der Waals surface area contributed by atoms with Gasteiger partial charge in [0.2, 0.25) is 0 Å². The molecule has 0 saturated heterocycles. The van der Waals surface area contributed by atoms with Crippen molar-refractivity contribution in [1.29, 1.82) is 0 Å². The Labute approximate surface area is 104 Å². The summed E-state index contributed by atoms with van der Waals surface area (Å²) in [5, 5.41) is 9.10. The van der Waals surface area contributed by atoms with Crippen LogP contribution in [-0.2, 0) is 0 Å². The summed E-state index contributed by atoms with van der Waals surface area (Å²) in [5.74, 6) is 0.305. The summed E-state index contributed by atoms with van der Waals surface area (Å²) in [6.45, 7) is 0. The zero-order chi connectivity index (χ0) is 9.10. The van der Waals surface area contributed by atoms with E-state index < -0.39 is 0 Å². The first-order valence-electron chi connectivity index (χ1n) is 4.21. The molecule has 0 fully saturated rings. The molecule has 0 aliphatic heterocycles. The van der Waals surface area contributed by atoms with Gasteiger partial charge in [0.25, 0.3) is 0 Å². The van der Waals surface area contributed by atoms with Crippen LogP contribution < -0.4 is 0 Å². The normalized spacial score (nSPS) is 9.14. The molecule has 1 nitrogen and oxygen atoms in total. The molecule has 0 spiro atoms. The first kappa shape index (κ1) is 11.2. The Bertz CT molecular complexity index is 381. The third-order valence-corrected chi connectivity index (χ3v) is 1.97. The van der Waals surface area contributed by atoms with Gasteiger partial charge < -0.3 is 5.11 Å². The molecular formula is C12H12OPb. The van der Waals surface area contributed by atoms with Crippen LogP contribution in [0.15, 0.2) is 54.6 Å². The SMILES string of the molecule is Oc1ccc(-c2ccccc2)cc1.[PbH2]. The van der Waals surface area contributed by atoms with Gasteiger partial charge in [-0.05, 0) is 23.3 Å². The van der Waals surface area contributed by atoms with E-state index in [1.807, 2.05) is 42.5 Å². The first-order valence-corrected chi connectivity index (χ1v) is 4.21. The molecule has 2 heteroatoms. The van der Waals surface area contributed by atoms with Crippen molar-refractivity contribution >= 4 is 27.3 Å². The van der Waals surface area contributed by atoms with Gasteiger partial charge in [-0.1, -0.05) is 42.5 Å². The van der Waals surface area contributed by atoms with Gasteiger partial charge in [-0.2, -0.15) is 0 Å². The Kier molecular flexibility index (Phi) is 4.13. The van der Waals surface area contributed by atoms with E-state index in [0.29, 0.717) is 5.75 Å². The van der Waals surface area contributed by atoms with Crippen molar-refractivity contribution < 1.29 is 5.11 Å². The summed E-state index contributed by atoms with van der Waals surface area (Å²) in [7, 11) is 0. The van der Waals surface area contributed by atoms with Gasteiger partial charge in [0.1, 0.15) is 5.75 Å². The molecule has 0 unspecified atom stereocenters. The third kappa shape index (κ3) is 2.57. The number of hydrogen-bond donors (Lipinski definition) is 1. The van der Waals surface area contributed by atoms with E-state index in [1.165, 1.54) is 5.56 Å². The summed E-state index contributed by atoms with van der Waals surface area (Å²) in [5.41, 5.74) is 2.29. The second-order valence-electron chi connectivity index (χ2n) is 2.91. The van der Waals surface area contributed by atoms with Crippen molar-refractivity contribution in [2.75, 3.05) is 0 Å². The van der Waals surface area contributed by atoms with Crippen LogP contribution in [0.3, 0.4) is 0 Å². The van der Waals surface area contributed by atoms with Crippen LogP contribution in [-0.4, -0.2) is 32.4 Å². The van der Waals surface area contributed by atoms with Crippen molar-refractivity contribution in [3.63, 3.8) is 0 Å². The Morgan fingerprint density at radius 1 is 0.643 bits per heavy atom. The molecule has 0 aromatic heterocycles. The van der Waals surface area contributed by atoms with Crippen LogP contribution in [0.2, 0.25) is 0 Å². The average molecular weight is 379 g/mol. The molecule has 0 bridgehead atoms. The number of benzene rings is 2. The summed E-state index contributed by atoms with van der Waals surface area (Å²) in [6.07, 6.45) is 0. The molecule has 0 saturated carbocycles. The van der Waals surface area contributed by atoms with Crippen molar-refractivity contribution in [3.05, 3.63) is 54.6 Å². The van der Waals surface area contributed by atoms with Crippen molar-refractivity contribution in [3.8, 4) is 16.9 Å². The summed E-state index contributed by atoms with van der Waals surface area (Å²) >= 11 is 0. The molecule has 0 aliphatic carbocycles. The molecule has 0 amide bonds. The van der Waals surface area contributed by atoms with Crippen LogP contribution in [0.25, 0.3) is 11.1 Å². The molecule has 2 rings (SSSR count). The molecule has 0 heterocycles. The van der Waals surface area contributed by atoms with E-state index in [-0.39, 0.29) is 27.3 Å². The van der Waals surface area contributed by atoms with E-state index in [2.05, 4.69) is 0 Å². The third-order valence-electron chi connectivity index (χ3n) is 1.97. The summed E-state index contributed by atoms with van der Waals surface area (Å²) < 4.78 is 0. The number of aromatic hydroxyl groups is 1. The molecule has 0 atom stereocenters. The molecular weight excluding hydrogens is 367 g/mol. The van der Waals surface area contributed by atoms with E-state index in [1.54, 1.807) is 12.1 Å². The molecule has 0 aliphatic rings. The Morgan fingerprint density at radius 2 is 1.14 bits per heavy atom. The van der Waals surface area contributed by atoms with E-state index >= 15 is 0 Å². The van der Waals surface area contributed by atoms with Crippen LogP contribution in [0.5, 0.6) is 5.75 Å². The average Bonchev–Trinajstić information content (AvgIpc) is 2.20. The predicted octanol–water partition coefficient (Wildman–Crippen LogP) is 2.14. The molecule has 70 valence electrons. The monoisotopic (exact) mass is 380 g/mol. The summed E-state index contributed by atoms with van der Waals surface area (Å²) in [6, 6.07) is 17.3. The molecule has 2 aromatic rings. The maximum absolute atomic E-state index is 9.10. The Morgan fingerprint density at radius 3 is 1.71 bits per heavy atom. The van der Waals surface area contributed by atoms with E-state index in [4.69, 9.17) is 5.11 Å². The minimum absolute atomic E-state index is 0. The number of phenols is 1. The van der Waals surface area contributed by atoms with Crippen LogP contribution >= 0.6 is 0 Å². The molecule has 1 N–H and O–H groups in total. The fraction of sp³-hybridized carbons (Fsp3) is 0. The van der Waals surface area contributed by atoms with Crippen molar-refractivity contribution in [1.82, 2.24) is 0 Å². The van der Waals surface area contributed by atoms with Gasteiger partial charge in [0.05, 0.1) is 0 Å². The van der Waals surface area contributed by atoms with Crippen molar-refractivity contribution in [2.24, 2.45) is 0 Å². The topological polar surface area (TPSA) is 20.2 Å². The van der Waals surface area contributed by atoms with Gasteiger partial charge in [0, 0.05) is 0 Å². The molecule has 14 heavy (non-hydrogen) atoms. The van der Waals surface area contributed by atoms with Gasteiger partial charge >= 0.3 is 27.3 Å². The maximum atomic E-state index is 9.10. The fourth-order valence-corrected chi connectivity index (χ4v) is 1.28. The fourth-order valence-electron chi connectivity index (χ4n) is 1.28. The van der Waals surface area contributed by atoms with Crippen LogP contribution in [0.4, 0.5) is 0 Å². The van der Waals surface area contributed by atoms with Gasteiger partial charge in [-0.25, -0.2) is 0 Å². The van der Waals surface area contributed by atoms with Gasteiger partial charge in [-0.15, -0.1) is 0 Å². The van der Waals surface area contributed by atoms with E-state index in [0.717, 1.165) is 5.56 Å². The second-order valence-corrected chi connectivity index (χ2v) is 2.91. The number of phenolic OH excluding ortho intramolecular Hbond substituents is 1. The van der Waals surface area contributed by atoms with Crippen LogP contribution in [0.1, 0.15) is 0 Å². The van der Waals surface area contributed by atoms with E-state index in [9.17, 15) is 0 Å². The zero-order valence-corrected chi connectivity index (χ0v) is 13.3. The zero-order valence-electron chi connectivity index (χ0n) is 7.85. The number of rotatable bonds is 1. The predicted molar refractivity (Wildman–Crippen MR) is 62.1 cm³/mol. The van der Waals surface area contributed by atoms with Crippen molar-refractivity contribution in [2.45, 2.75) is 0 Å². The number of hydrogen-bond acceptors (Lipinski definition) is 1. The molecule has 2 radical (unpaired) electrons. The van der Waals surface area contributed by atoms with Gasteiger partial charge in [0.15, 0.2) is 0 Å².